The molecular formula is C12H20N2O3. The molecule has 17 heavy (non-hydrogen) atoms. The number of aliphatic hydroxyl groups is 1. The lowest BCUT2D eigenvalue weighted by Gasteiger charge is -2.13. The molecule has 5 nitrogen and oxygen atoms in total. The van der Waals surface area contributed by atoms with Gasteiger partial charge in [0, 0.05) is 25.3 Å². The molecule has 1 aromatic rings. The fraction of sp³-hybridized carbons (Fsp3) is 0.500. The summed E-state index contributed by atoms with van der Waals surface area (Å²) in [5.41, 5.74) is 7.33. The molecule has 0 aliphatic carbocycles. The zero-order valence-corrected chi connectivity index (χ0v) is 10.3. The smallest absolute Gasteiger partial charge is 0.162 e. The molecule has 0 aliphatic rings. The SMILES string of the molecule is COc1cc(N)c(NCCCCO)cc1OC. The Morgan fingerprint density at radius 1 is 1.18 bits per heavy atom. The number of rotatable bonds is 7. The zero-order valence-electron chi connectivity index (χ0n) is 10.3. The number of hydrogen-bond acceptors (Lipinski definition) is 5. The molecule has 0 aromatic heterocycles. The van der Waals surface area contributed by atoms with Gasteiger partial charge >= 0.3 is 0 Å². The molecule has 1 rings (SSSR count). The van der Waals surface area contributed by atoms with Crippen molar-refractivity contribution in [1.82, 2.24) is 0 Å². The third-order valence-corrected chi connectivity index (χ3v) is 2.46. The summed E-state index contributed by atoms with van der Waals surface area (Å²) in [6.07, 6.45) is 1.67. The fourth-order valence-corrected chi connectivity index (χ4v) is 1.51. The molecule has 0 saturated carbocycles. The van der Waals surface area contributed by atoms with Crippen molar-refractivity contribution in [2.24, 2.45) is 0 Å². The minimum Gasteiger partial charge on any atom is -0.493 e. The monoisotopic (exact) mass is 240 g/mol. The number of nitrogens with two attached hydrogens (primary N) is 1. The lowest BCUT2D eigenvalue weighted by Crippen LogP contribution is -2.05. The number of aliphatic hydroxyl groups excluding tert-OH is 1. The van der Waals surface area contributed by atoms with Crippen LogP contribution in [0.3, 0.4) is 0 Å². The van der Waals surface area contributed by atoms with Crippen LogP contribution in [0, 0.1) is 0 Å². The Kier molecular flexibility index (Phi) is 5.42. The summed E-state index contributed by atoms with van der Waals surface area (Å²) < 4.78 is 10.3. The van der Waals surface area contributed by atoms with E-state index in [1.807, 2.05) is 6.07 Å². The van der Waals surface area contributed by atoms with Crippen molar-refractivity contribution < 1.29 is 14.6 Å². The summed E-state index contributed by atoms with van der Waals surface area (Å²) in [5.74, 6) is 1.26. The number of unbranched alkanes of at least 4 members (excludes halogenated alkanes) is 1. The van der Waals surface area contributed by atoms with Crippen LogP contribution in [0.15, 0.2) is 12.1 Å². The summed E-state index contributed by atoms with van der Waals surface area (Å²) in [7, 11) is 3.16. The number of methoxy groups -OCH3 is 2. The van der Waals surface area contributed by atoms with Crippen LogP contribution in [-0.2, 0) is 0 Å². The predicted octanol–water partition coefficient (Wildman–Crippen LogP) is 1.47. The third-order valence-electron chi connectivity index (χ3n) is 2.46. The highest BCUT2D eigenvalue weighted by atomic mass is 16.5. The van der Waals surface area contributed by atoms with E-state index in [1.54, 1.807) is 20.3 Å². The minimum atomic E-state index is 0.211. The summed E-state index contributed by atoms with van der Waals surface area (Å²) in [5, 5.41) is 11.9. The second kappa shape index (κ2) is 6.85. The van der Waals surface area contributed by atoms with Crippen LogP contribution in [0.2, 0.25) is 0 Å². The zero-order chi connectivity index (χ0) is 12.7. The van der Waals surface area contributed by atoms with Crippen LogP contribution >= 0.6 is 0 Å². The molecule has 0 atom stereocenters. The largest absolute Gasteiger partial charge is 0.493 e. The average molecular weight is 240 g/mol. The Morgan fingerprint density at radius 3 is 2.41 bits per heavy atom. The highest BCUT2D eigenvalue weighted by molar-refractivity contribution is 5.71. The van der Waals surface area contributed by atoms with E-state index in [2.05, 4.69) is 5.32 Å². The van der Waals surface area contributed by atoms with E-state index in [-0.39, 0.29) is 6.61 Å². The van der Waals surface area contributed by atoms with E-state index in [0.717, 1.165) is 25.1 Å². The van der Waals surface area contributed by atoms with Crippen LogP contribution in [0.4, 0.5) is 11.4 Å². The van der Waals surface area contributed by atoms with Crippen molar-refractivity contribution in [3.05, 3.63) is 12.1 Å². The summed E-state index contributed by atoms with van der Waals surface area (Å²) in [4.78, 5) is 0. The molecule has 0 fully saturated rings. The predicted molar refractivity (Wildman–Crippen MR) is 68.8 cm³/mol. The normalized spacial score (nSPS) is 10.1. The first-order valence-electron chi connectivity index (χ1n) is 5.59. The van der Waals surface area contributed by atoms with Gasteiger partial charge in [0.1, 0.15) is 0 Å². The van der Waals surface area contributed by atoms with Gasteiger partial charge in [-0.05, 0) is 12.8 Å². The first-order chi connectivity index (χ1) is 8.22. The number of benzene rings is 1. The van der Waals surface area contributed by atoms with Gasteiger partial charge in [-0.15, -0.1) is 0 Å². The molecular weight excluding hydrogens is 220 g/mol. The fourth-order valence-electron chi connectivity index (χ4n) is 1.51. The summed E-state index contributed by atoms with van der Waals surface area (Å²) in [6.45, 7) is 0.976. The first kappa shape index (κ1) is 13.4. The maximum absolute atomic E-state index is 8.68. The molecule has 0 aliphatic heterocycles. The molecule has 96 valence electrons. The maximum Gasteiger partial charge on any atom is 0.162 e. The topological polar surface area (TPSA) is 76.7 Å². The van der Waals surface area contributed by atoms with Crippen molar-refractivity contribution in [2.45, 2.75) is 12.8 Å². The van der Waals surface area contributed by atoms with E-state index in [4.69, 9.17) is 20.3 Å². The van der Waals surface area contributed by atoms with Gasteiger partial charge in [0.05, 0.1) is 25.6 Å². The van der Waals surface area contributed by atoms with E-state index < -0.39 is 0 Å². The highest BCUT2D eigenvalue weighted by Crippen LogP contribution is 2.34. The second-order valence-electron chi connectivity index (χ2n) is 3.65. The van der Waals surface area contributed by atoms with Crippen molar-refractivity contribution in [2.75, 3.05) is 38.4 Å². The van der Waals surface area contributed by atoms with Gasteiger partial charge in [-0.2, -0.15) is 0 Å². The Balaban J connectivity index is 2.71. The van der Waals surface area contributed by atoms with Gasteiger partial charge in [-0.25, -0.2) is 0 Å². The van der Waals surface area contributed by atoms with Gasteiger partial charge in [-0.1, -0.05) is 0 Å². The van der Waals surface area contributed by atoms with Crippen molar-refractivity contribution >= 4 is 11.4 Å². The Morgan fingerprint density at radius 2 is 1.82 bits per heavy atom. The Hall–Kier alpha value is -1.62. The Bertz CT molecular complexity index is 356. The van der Waals surface area contributed by atoms with E-state index in [1.165, 1.54) is 0 Å². The van der Waals surface area contributed by atoms with Crippen molar-refractivity contribution in [3.63, 3.8) is 0 Å². The highest BCUT2D eigenvalue weighted by Gasteiger charge is 2.08. The molecule has 0 heterocycles. The van der Waals surface area contributed by atoms with Gasteiger partial charge in [-0.3, -0.25) is 0 Å². The third kappa shape index (κ3) is 3.71. The van der Waals surface area contributed by atoms with Crippen LogP contribution in [-0.4, -0.2) is 32.5 Å². The number of ether oxygens (including phenoxy) is 2. The van der Waals surface area contributed by atoms with E-state index in [9.17, 15) is 0 Å². The maximum atomic E-state index is 8.68. The second-order valence-corrected chi connectivity index (χ2v) is 3.65. The molecule has 0 amide bonds. The molecule has 4 N–H and O–H groups in total. The lowest BCUT2D eigenvalue weighted by atomic mass is 10.2. The molecule has 0 saturated heterocycles. The van der Waals surface area contributed by atoms with Crippen LogP contribution in [0.1, 0.15) is 12.8 Å². The average Bonchev–Trinajstić information content (AvgIpc) is 2.35. The number of nitrogens with one attached hydrogen (secondary N) is 1. The molecule has 0 spiro atoms. The molecule has 0 unspecified atom stereocenters. The van der Waals surface area contributed by atoms with Gasteiger partial charge < -0.3 is 25.6 Å². The number of hydrogen-bond donors (Lipinski definition) is 3. The Labute approximate surface area is 102 Å². The summed E-state index contributed by atoms with van der Waals surface area (Å²) >= 11 is 0. The first-order valence-corrected chi connectivity index (χ1v) is 5.59. The van der Waals surface area contributed by atoms with E-state index >= 15 is 0 Å². The molecule has 1 aromatic carbocycles. The van der Waals surface area contributed by atoms with Crippen molar-refractivity contribution in [1.29, 1.82) is 0 Å². The van der Waals surface area contributed by atoms with Crippen LogP contribution in [0.5, 0.6) is 11.5 Å². The minimum absolute atomic E-state index is 0.211. The van der Waals surface area contributed by atoms with Gasteiger partial charge in [0.2, 0.25) is 0 Å². The summed E-state index contributed by atoms with van der Waals surface area (Å²) in [6, 6.07) is 3.54. The van der Waals surface area contributed by atoms with Crippen molar-refractivity contribution in [3.8, 4) is 11.5 Å². The lowest BCUT2D eigenvalue weighted by molar-refractivity contribution is 0.286. The van der Waals surface area contributed by atoms with Crippen LogP contribution < -0.4 is 20.5 Å². The van der Waals surface area contributed by atoms with E-state index in [0.29, 0.717) is 17.2 Å². The molecule has 0 radical (unpaired) electrons. The quantitative estimate of drug-likeness (QED) is 0.497. The molecule has 0 bridgehead atoms. The van der Waals surface area contributed by atoms with Crippen LogP contribution in [0.25, 0.3) is 0 Å². The molecule has 5 heteroatoms. The standard InChI is InChI=1S/C12H20N2O3/c1-16-11-7-9(13)10(8-12(11)17-2)14-5-3-4-6-15/h7-8,14-15H,3-6,13H2,1-2H3. The number of nitrogen functional groups attached to an aromatic ring is 1. The number of anilines is 2. The van der Waals surface area contributed by atoms with Gasteiger partial charge in [0.25, 0.3) is 0 Å². The van der Waals surface area contributed by atoms with Gasteiger partial charge in [0.15, 0.2) is 11.5 Å².